The summed E-state index contributed by atoms with van der Waals surface area (Å²) in [5.74, 6) is -0.735. The van der Waals surface area contributed by atoms with Crippen molar-refractivity contribution in [3.05, 3.63) is 86.9 Å². The van der Waals surface area contributed by atoms with E-state index in [1.54, 1.807) is 44.2 Å². The number of nitrogens with one attached hydrogen (secondary N) is 1. The summed E-state index contributed by atoms with van der Waals surface area (Å²) >= 11 is 19.1. The van der Waals surface area contributed by atoms with Crippen molar-refractivity contribution in [2.45, 2.75) is 38.3 Å². The molecular weight excluding hydrogens is 597 g/mol. The number of benzene rings is 3. The van der Waals surface area contributed by atoms with Crippen LogP contribution in [0.3, 0.4) is 0 Å². The van der Waals surface area contributed by atoms with E-state index in [2.05, 4.69) is 5.32 Å². The summed E-state index contributed by atoms with van der Waals surface area (Å²) in [5, 5.41) is 3.47. The van der Waals surface area contributed by atoms with E-state index in [-0.39, 0.29) is 22.2 Å². The van der Waals surface area contributed by atoms with Crippen molar-refractivity contribution in [3.8, 4) is 5.75 Å². The van der Waals surface area contributed by atoms with Crippen molar-refractivity contribution < 1.29 is 22.7 Å². The van der Waals surface area contributed by atoms with E-state index in [0.717, 1.165) is 9.87 Å². The fourth-order valence-electron chi connectivity index (χ4n) is 3.93. The van der Waals surface area contributed by atoms with Crippen LogP contribution in [0.4, 0.5) is 5.69 Å². The Labute approximate surface area is 249 Å². The van der Waals surface area contributed by atoms with E-state index in [1.165, 1.54) is 42.3 Å². The van der Waals surface area contributed by atoms with Gasteiger partial charge in [0.2, 0.25) is 11.8 Å². The molecular formula is C28H30Cl3N3O5S. The van der Waals surface area contributed by atoms with Gasteiger partial charge in [-0.25, -0.2) is 8.42 Å². The summed E-state index contributed by atoms with van der Waals surface area (Å²) in [6.45, 7) is 4.72. The van der Waals surface area contributed by atoms with Crippen LogP contribution in [-0.4, -0.2) is 51.4 Å². The first-order valence-corrected chi connectivity index (χ1v) is 14.9. The number of anilines is 1. The minimum Gasteiger partial charge on any atom is -0.495 e. The molecule has 0 unspecified atom stereocenters. The molecule has 0 aliphatic carbocycles. The van der Waals surface area contributed by atoms with Crippen LogP contribution in [0.5, 0.6) is 5.75 Å². The Morgan fingerprint density at radius 3 is 2.15 bits per heavy atom. The van der Waals surface area contributed by atoms with Gasteiger partial charge in [0, 0.05) is 28.7 Å². The second kappa shape index (κ2) is 13.6. The number of halogens is 3. The lowest BCUT2D eigenvalue weighted by Gasteiger charge is -2.32. The van der Waals surface area contributed by atoms with Gasteiger partial charge in [0.1, 0.15) is 18.3 Å². The van der Waals surface area contributed by atoms with Crippen molar-refractivity contribution in [3.63, 3.8) is 0 Å². The average molecular weight is 627 g/mol. The fourth-order valence-corrected chi connectivity index (χ4v) is 6.11. The molecule has 3 aromatic carbocycles. The molecule has 0 radical (unpaired) electrons. The number of ether oxygens (including phenoxy) is 1. The molecule has 0 saturated carbocycles. The lowest BCUT2D eigenvalue weighted by Crippen LogP contribution is -2.51. The van der Waals surface area contributed by atoms with Gasteiger partial charge in [-0.1, -0.05) is 58.6 Å². The third-order valence-corrected chi connectivity index (χ3v) is 9.01. The maximum absolute atomic E-state index is 13.9. The number of rotatable bonds is 11. The molecule has 0 spiro atoms. The molecule has 3 rings (SSSR count). The zero-order chi connectivity index (χ0) is 29.6. The van der Waals surface area contributed by atoms with Crippen molar-refractivity contribution in [1.29, 1.82) is 0 Å². The molecule has 0 aliphatic heterocycles. The maximum Gasteiger partial charge on any atom is 0.264 e. The summed E-state index contributed by atoms with van der Waals surface area (Å²) in [4.78, 5) is 28.0. The molecule has 8 nitrogen and oxygen atoms in total. The Kier molecular flexibility index (Phi) is 10.7. The first-order chi connectivity index (χ1) is 18.9. The van der Waals surface area contributed by atoms with Crippen LogP contribution in [0.15, 0.2) is 65.6 Å². The molecule has 0 bridgehead atoms. The quantitative estimate of drug-likeness (QED) is 0.294. The third kappa shape index (κ3) is 7.20. The van der Waals surface area contributed by atoms with Crippen LogP contribution in [0.1, 0.15) is 25.0 Å². The summed E-state index contributed by atoms with van der Waals surface area (Å²) in [6.07, 6.45) is 0. The van der Waals surface area contributed by atoms with Gasteiger partial charge >= 0.3 is 0 Å². The molecule has 1 N–H and O–H groups in total. The summed E-state index contributed by atoms with van der Waals surface area (Å²) in [7, 11) is -2.81. The van der Waals surface area contributed by atoms with Gasteiger partial charge in [-0.3, -0.25) is 13.9 Å². The Balaban J connectivity index is 2.10. The molecule has 0 fully saturated rings. The van der Waals surface area contributed by atoms with Crippen molar-refractivity contribution >= 4 is 62.3 Å². The number of methoxy groups -OCH3 is 1. The molecule has 40 heavy (non-hydrogen) atoms. The first-order valence-electron chi connectivity index (χ1n) is 12.3. The molecule has 3 aromatic rings. The summed E-state index contributed by atoms with van der Waals surface area (Å²) in [5.41, 5.74) is 1.43. The summed E-state index contributed by atoms with van der Waals surface area (Å²) < 4.78 is 34.0. The zero-order valence-electron chi connectivity index (χ0n) is 22.4. The normalized spacial score (nSPS) is 12.0. The monoisotopic (exact) mass is 625 g/mol. The predicted octanol–water partition coefficient (Wildman–Crippen LogP) is 5.71. The number of aryl methyl sites for hydroxylation is 1. The maximum atomic E-state index is 13.9. The van der Waals surface area contributed by atoms with Crippen LogP contribution in [0, 0.1) is 6.92 Å². The molecule has 0 aliphatic rings. The van der Waals surface area contributed by atoms with Crippen molar-refractivity contribution in [1.82, 2.24) is 10.2 Å². The van der Waals surface area contributed by atoms with Gasteiger partial charge < -0.3 is 15.0 Å². The molecule has 2 amide bonds. The largest absolute Gasteiger partial charge is 0.495 e. The van der Waals surface area contributed by atoms with Gasteiger partial charge in [-0.15, -0.1) is 0 Å². The van der Waals surface area contributed by atoms with Gasteiger partial charge in [0.15, 0.2) is 0 Å². The fraction of sp³-hybridized carbons (Fsp3) is 0.286. The zero-order valence-corrected chi connectivity index (χ0v) is 25.5. The Bertz CT molecular complexity index is 1460. The molecule has 0 saturated heterocycles. The summed E-state index contributed by atoms with van der Waals surface area (Å²) in [6, 6.07) is 14.6. The molecule has 12 heteroatoms. The molecule has 1 atom stereocenters. The topological polar surface area (TPSA) is 96.0 Å². The number of sulfonamides is 1. The molecule has 0 aromatic heterocycles. The number of nitrogens with zero attached hydrogens (tertiary/aromatic N) is 2. The van der Waals surface area contributed by atoms with Crippen LogP contribution >= 0.6 is 34.8 Å². The van der Waals surface area contributed by atoms with Crippen molar-refractivity contribution in [2.24, 2.45) is 0 Å². The SMILES string of the molecule is CCNC(=O)[C@H](C)N(Cc1c(Cl)cccc1Cl)C(=O)CN(c1ccc(OC)c(Cl)c1)S(=O)(=O)c1ccc(C)cc1. The minimum atomic E-state index is -4.25. The van der Waals surface area contributed by atoms with E-state index < -0.39 is 34.4 Å². The smallest absolute Gasteiger partial charge is 0.264 e. The molecule has 0 heterocycles. The number of hydrogen-bond donors (Lipinski definition) is 1. The third-order valence-electron chi connectivity index (χ3n) is 6.22. The number of likely N-dealkylation sites (N-methyl/N-ethyl adjacent to an activating group) is 1. The highest BCUT2D eigenvalue weighted by molar-refractivity contribution is 7.92. The van der Waals surface area contributed by atoms with Gasteiger partial charge in [0.25, 0.3) is 10.0 Å². The highest BCUT2D eigenvalue weighted by atomic mass is 35.5. The Hall–Kier alpha value is -2.98. The predicted molar refractivity (Wildman–Crippen MR) is 159 cm³/mol. The lowest BCUT2D eigenvalue weighted by atomic mass is 10.1. The highest BCUT2D eigenvalue weighted by Gasteiger charge is 2.33. The number of carbonyl (C=O) groups is 2. The van der Waals surface area contributed by atoms with E-state index in [9.17, 15) is 18.0 Å². The standard InChI is InChI=1S/C28H30Cl3N3O5S/c1-5-32-28(36)19(3)33(16-22-23(29)7-6-8-24(22)30)27(35)17-34(20-11-14-26(39-4)25(31)15-20)40(37,38)21-12-9-18(2)10-13-21/h6-15,19H,5,16-17H2,1-4H3,(H,32,36)/t19-/m0/s1. The second-order valence-corrected chi connectivity index (χ2v) is 12.0. The van der Waals surface area contributed by atoms with Gasteiger partial charge in [0.05, 0.1) is 22.7 Å². The van der Waals surface area contributed by atoms with E-state index >= 15 is 0 Å². The minimum absolute atomic E-state index is 0.0182. The van der Waals surface area contributed by atoms with Gasteiger partial charge in [-0.05, 0) is 63.2 Å². The second-order valence-electron chi connectivity index (χ2n) is 8.94. The van der Waals surface area contributed by atoms with E-state index in [4.69, 9.17) is 39.5 Å². The highest BCUT2D eigenvalue weighted by Crippen LogP contribution is 2.33. The van der Waals surface area contributed by atoms with Crippen LogP contribution in [0.2, 0.25) is 15.1 Å². The Morgan fingerprint density at radius 2 is 1.60 bits per heavy atom. The Morgan fingerprint density at radius 1 is 0.975 bits per heavy atom. The molecule has 214 valence electrons. The number of hydrogen-bond acceptors (Lipinski definition) is 5. The first kappa shape index (κ1) is 31.5. The van der Waals surface area contributed by atoms with Crippen LogP contribution in [0.25, 0.3) is 0 Å². The number of carbonyl (C=O) groups excluding carboxylic acids is 2. The van der Waals surface area contributed by atoms with E-state index in [1.807, 2.05) is 6.92 Å². The van der Waals surface area contributed by atoms with Crippen LogP contribution < -0.4 is 14.4 Å². The number of amides is 2. The van der Waals surface area contributed by atoms with E-state index in [0.29, 0.717) is 27.9 Å². The average Bonchev–Trinajstić information content (AvgIpc) is 2.91. The van der Waals surface area contributed by atoms with Gasteiger partial charge in [-0.2, -0.15) is 0 Å². The van der Waals surface area contributed by atoms with Crippen molar-refractivity contribution in [2.75, 3.05) is 24.5 Å². The lowest BCUT2D eigenvalue weighted by molar-refractivity contribution is -0.139. The van der Waals surface area contributed by atoms with Crippen LogP contribution in [-0.2, 0) is 26.2 Å².